The van der Waals surface area contributed by atoms with Crippen molar-refractivity contribution >= 4 is 43.4 Å². The zero-order valence-electron chi connectivity index (χ0n) is 32.5. The summed E-state index contributed by atoms with van der Waals surface area (Å²) in [7, 11) is 0. The van der Waals surface area contributed by atoms with Gasteiger partial charge in [0.25, 0.3) is 0 Å². The van der Waals surface area contributed by atoms with Crippen molar-refractivity contribution in [3.05, 3.63) is 194 Å². The van der Waals surface area contributed by atoms with Gasteiger partial charge in [0.15, 0.2) is 0 Å². The minimum absolute atomic E-state index is 0.198. The van der Waals surface area contributed by atoms with Gasteiger partial charge in [0.1, 0.15) is 5.82 Å². The van der Waals surface area contributed by atoms with Gasteiger partial charge in [-0.15, -0.1) is 0 Å². The van der Waals surface area contributed by atoms with Crippen molar-refractivity contribution in [2.45, 2.75) is 0 Å². The number of hydrogen-bond donors (Lipinski definition) is 0. The lowest BCUT2D eigenvalue weighted by atomic mass is 9.85. The Morgan fingerprint density at radius 1 is 0.392 bits per heavy atom. The van der Waals surface area contributed by atoms with Crippen LogP contribution in [0, 0.1) is 0 Å². The molecule has 1 heterocycles. The van der Waals surface area contributed by atoms with Gasteiger partial charge in [-0.25, -0.2) is 4.98 Å². The highest BCUT2D eigenvalue weighted by atomic mass is 15.1. The summed E-state index contributed by atoms with van der Waals surface area (Å²) in [6.07, 6.45) is 0. The van der Waals surface area contributed by atoms with E-state index in [9.17, 15) is 0 Å². The Morgan fingerprint density at radius 2 is 0.882 bits per heavy atom. The third kappa shape index (κ3) is 4.84. The van der Waals surface area contributed by atoms with Gasteiger partial charge < -0.3 is 0 Å². The number of imidazole rings is 1. The predicted molar refractivity (Wildman–Crippen MR) is 215 cm³/mol. The van der Waals surface area contributed by atoms with E-state index < -0.39 is 6.04 Å². The second-order valence-corrected chi connectivity index (χ2v) is 12.8. The van der Waals surface area contributed by atoms with Crippen molar-refractivity contribution in [3.8, 4) is 50.5 Å². The molecule has 10 rings (SSSR count). The smallest absolute Gasteiger partial charge is 0.145 e. The van der Waals surface area contributed by atoms with Crippen LogP contribution in [0.1, 0.15) is 6.85 Å². The third-order valence-electron chi connectivity index (χ3n) is 9.89. The Morgan fingerprint density at radius 3 is 1.51 bits per heavy atom. The molecular formula is C49H32N2. The van der Waals surface area contributed by atoms with Crippen LogP contribution in [0.2, 0.25) is 0 Å². The lowest BCUT2D eigenvalue weighted by Crippen LogP contribution is -1.98. The second-order valence-electron chi connectivity index (χ2n) is 12.8. The van der Waals surface area contributed by atoms with Crippen molar-refractivity contribution < 1.29 is 6.85 Å². The molecule has 0 fully saturated rings. The zero-order chi connectivity index (χ0) is 38.1. The predicted octanol–water partition coefficient (Wildman–Crippen LogP) is 13.2. The van der Waals surface area contributed by atoms with Gasteiger partial charge in [0.2, 0.25) is 0 Å². The van der Waals surface area contributed by atoms with Crippen molar-refractivity contribution in [1.82, 2.24) is 9.55 Å². The van der Waals surface area contributed by atoms with Crippen LogP contribution in [0.5, 0.6) is 0 Å². The molecule has 1 aromatic heterocycles. The van der Waals surface area contributed by atoms with Crippen molar-refractivity contribution in [1.29, 1.82) is 0 Å². The van der Waals surface area contributed by atoms with E-state index in [1.165, 1.54) is 5.39 Å². The van der Waals surface area contributed by atoms with Gasteiger partial charge in [-0.05, 0) is 78.5 Å². The largest absolute Gasteiger partial charge is 0.292 e. The third-order valence-corrected chi connectivity index (χ3v) is 9.89. The molecule has 2 heteroatoms. The molecule has 0 spiro atoms. The normalized spacial score (nSPS) is 12.9. The molecule has 51 heavy (non-hydrogen) atoms. The molecular weight excluding hydrogens is 617 g/mol. The highest BCUT2D eigenvalue weighted by Crippen LogP contribution is 2.44. The van der Waals surface area contributed by atoms with Crippen LogP contribution in [-0.4, -0.2) is 9.55 Å². The fourth-order valence-electron chi connectivity index (χ4n) is 7.60. The molecule has 10 aromatic rings. The summed E-state index contributed by atoms with van der Waals surface area (Å²) < 4.78 is 43.6. The average molecular weight is 654 g/mol. The van der Waals surface area contributed by atoms with Crippen LogP contribution in [0.15, 0.2) is 194 Å². The topological polar surface area (TPSA) is 17.8 Å². The summed E-state index contributed by atoms with van der Waals surface area (Å²) in [4.78, 5) is 5.18. The molecule has 0 atom stereocenters. The van der Waals surface area contributed by atoms with Crippen molar-refractivity contribution in [2.75, 3.05) is 0 Å². The molecule has 0 saturated carbocycles. The summed E-state index contributed by atoms with van der Waals surface area (Å²) in [6.45, 7) is 0. The summed E-state index contributed by atoms with van der Waals surface area (Å²) in [5, 5.41) is 6.77. The molecule has 0 aliphatic carbocycles. The summed E-state index contributed by atoms with van der Waals surface area (Å²) in [5.41, 5.74) is 9.16. The Kier molecular flexibility index (Phi) is 5.73. The second kappa shape index (κ2) is 12.0. The van der Waals surface area contributed by atoms with E-state index in [-0.39, 0.29) is 29.7 Å². The average Bonchev–Trinajstić information content (AvgIpc) is 3.64. The van der Waals surface area contributed by atoms with E-state index in [1.54, 1.807) is 0 Å². The molecule has 0 radical (unpaired) electrons. The maximum Gasteiger partial charge on any atom is 0.145 e. The van der Waals surface area contributed by atoms with Crippen LogP contribution < -0.4 is 0 Å². The fourth-order valence-corrected chi connectivity index (χ4v) is 7.60. The van der Waals surface area contributed by atoms with Gasteiger partial charge in [-0.2, -0.15) is 0 Å². The number of fused-ring (bicyclic) bond motifs is 4. The Bertz CT molecular complexity index is 3090. The fraction of sp³-hybridized carbons (Fsp3) is 0. The quantitative estimate of drug-likeness (QED) is 0.169. The summed E-state index contributed by atoms with van der Waals surface area (Å²) >= 11 is 0. The van der Waals surface area contributed by atoms with Gasteiger partial charge in [-0.1, -0.05) is 176 Å². The lowest BCUT2D eigenvalue weighted by molar-refractivity contribution is 1.11. The monoisotopic (exact) mass is 653 g/mol. The highest BCUT2D eigenvalue weighted by Gasteiger charge is 2.19. The van der Waals surface area contributed by atoms with E-state index >= 15 is 0 Å². The molecule has 0 amide bonds. The number of hydrogen-bond acceptors (Lipinski definition) is 1. The Labute approximate surface area is 303 Å². The van der Waals surface area contributed by atoms with E-state index in [4.69, 9.17) is 11.8 Å². The number of aromatic nitrogens is 2. The standard InChI is InChI=1S/C49H32N2/c1-2-13-33(14-3-1)34-25-27-36(28-26-34)47-40-18-6-8-20-42(40)48(43-21-9-7-19-41(43)47)37-29-31-38(32-30-37)49-50-44-22-10-11-23-46(44)51(49)45-24-12-16-35-15-4-5-17-39(35)45/h1-32H/i1D,2D,3D,13D,14D. The molecule has 0 N–H and O–H groups in total. The Balaban J connectivity index is 1.12. The minimum Gasteiger partial charge on any atom is -0.292 e. The number of nitrogens with zero attached hydrogens (tertiary/aromatic N) is 2. The summed E-state index contributed by atoms with van der Waals surface area (Å²) in [5.74, 6) is 0.881. The maximum atomic E-state index is 8.50. The number of benzene rings is 9. The molecule has 0 unspecified atom stereocenters. The maximum absolute atomic E-state index is 8.50. The first-order chi connectivity index (χ1) is 27.4. The van der Waals surface area contributed by atoms with Crippen LogP contribution >= 0.6 is 0 Å². The van der Waals surface area contributed by atoms with Crippen LogP contribution in [0.3, 0.4) is 0 Å². The Hall–Kier alpha value is -6.77. The molecule has 0 saturated heterocycles. The number of rotatable bonds is 5. The minimum atomic E-state index is -0.395. The van der Waals surface area contributed by atoms with Crippen LogP contribution in [-0.2, 0) is 0 Å². The van der Waals surface area contributed by atoms with E-state index in [1.807, 2.05) is 30.3 Å². The summed E-state index contributed by atoms with van der Waals surface area (Å²) in [6, 6.07) is 55.1. The first-order valence-corrected chi connectivity index (χ1v) is 17.1. The van der Waals surface area contributed by atoms with E-state index in [0.717, 1.165) is 77.3 Å². The van der Waals surface area contributed by atoms with Crippen LogP contribution in [0.25, 0.3) is 93.8 Å². The van der Waals surface area contributed by atoms with Gasteiger partial charge in [0.05, 0.1) is 23.6 Å². The SMILES string of the molecule is [2H]c1c([2H])c([2H])c(-c2ccc(-c3c4ccccc4c(-c4ccc(-c5nc6ccccc6n5-c5cccc6ccccc56)cc4)c4ccccc34)cc2)c([2H])c1[2H]. The van der Waals surface area contributed by atoms with Crippen LogP contribution in [0.4, 0.5) is 0 Å². The lowest BCUT2D eigenvalue weighted by Gasteiger charge is -2.18. The van der Waals surface area contributed by atoms with E-state index in [2.05, 4.69) is 138 Å². The van der Waals surface area contributed by atoms with Crippen molar-refractivity contribution in [2.24, 2.45) is 0 Å². The molecule has 0 aliphatic heterocycles. The molecule has 238 valence electrons. The van der Waals surface area contributed by atoms with Gasteiger partial charge in [-0.3, -0.25) is 4.57 Å². The number of para-hydroxylation sites is 2. The zero-order valence-corrected chi connectivity index (χ0v) is 27.5. The first-order valence-electron chi connectivity index (χ1n) is 19.6. The molecule has 0 bridgehead atoms. The molecule has 9 aromatic carbocycles. The highest BCUT2D eigenvalue weighted by molar-refractivity contribution is 6.21. The molecule has 0 aliphatic rings. The van der Waals surface area contributed by atoms with Crippen molar-refractivity contribution in [3.63, 3.8) is 0 Å². The van der Waals surface area contributed by atoms with Gasteiger partial charge >= 0.3 is 0 Å². The molecule has 2 nitrogen and oxygen atoms in total. The first kappa shape index (κ1) is 24.4. The van der Waals surface area contributed by atoms with E-state index in [0.29, 0.717) is 5.56 Å². The van der Waals surface area contributed by atoms with Gasteiger partial charge in [0, 0.05) is 10.9 Å².